The Kier molecular flexibility index (Phi) is 7.36. The molecule has 0 aliphatic carbocycles. The van der Waals surface area contributed by atoms with Crippen LogP contribution < -0.4 is 15.7 Å². The van der Waals surface area contributed by atoms with E-state index in [9.17, 15) is 35.9 Å². The van der Waals surface area contributed by atoms with Crippen molar-refractivity contribution in [2.24, 2.45) is 5.92 Å². The van der Waals surface area contributed by atoms with Gasteiger partial charge in [0.1, 0.15) is 11.3 Å². The lowest BCUT2D eigenvalue weighted by molar-refractivity contribution is -0.274. The molecule has 216 valence electrons. The zero-order valence-electron chi connectivity index (χ0n) is 21.1. The number of halogens is 6. The summed E-state index contributed by atoms with van der Waals surface area (Å²) >= 11 is 0. The van der Waals surface area contributed by atoms with Gasteiger partial charge in [-0.1, -0.05) is 36.4 Å². The van der Waals surface area contributed by atoms with Crippen molar-refractivity contribution in [1.29, 1.82) is 0 Å². The number of nitrogens with zero attached hydrogens (tertiary/aromatic N) is 4. The average Bonchev–Trinajstić information content (AvgIpc) is 3.51. The minimum atomic E-state index is -4.96. The Morgan fingerprint density at radius 1 is 1.07 bits per heavy atom. The van der Waals surface area contributed by atoms with Crippen molar-refractivity contribution in [3.63, 3.8) is 0 Å². The van der Waals surface area contributed by atoms with Crippen LogP contribution in [-0.4, -0.2) is 62.5 Å². The summed E-state index contributed by atoms with van der Waals surface area (Å²) in [4.78, 5) is 36.0. The summed E-state index contributed by atoms with van der Waals surface area (Å²) in [6.45, 7) is -0.294. The van der Waals surface area contributed by atoms with Crippen molar-refractivity contribution in [2.45, 2.75) is 25.5 Å². The number of carbonyl (C=O) groups is 1. The van der Waals surface area contributed by atoms with Crippen LogP contribution in [0, 0.1) is 5.92 Å². The number of aromatic nitrogens is 4. The Labute approximate surface area is 227 Å². The van der Waals surface area contributed by atoms with Gasteiger partial charge >= 0.3 is 24.1 Å². The molecular formula is C26H22F6N6O3. The highest BCUT2D eigenvalue weighted by molar-refractivity contribution is 5.82. The van der Waals surface area contributed by atoms with Crippen LogP contribution in [-0.2, 0) is 11.3 Å². The first-order valence-electron chi connectivity index (χ1n) is 12.4. The van der Waals surface area contributed by atoms with Crippen molar-refractivity contribution in [1.82, 2.24) is 24.4 Å². The van der Waals surface area contributed by atoms with Crippen LogP contribution in [0.1, 0.15) is 12.0 Å². The molecule has 5 rings (SSSR count). The van der Waals surface area contributed by atoms with E-state index in [1.54, 1.807) is 30.3 Å². The zero-order valence-corrected chi connectivity index (χ0v) is 21.1. The number of hydrogen-bond donors (Lipinski definition) is 2. The van der Waals surface area contributed by atoms with Crippen molar-refractivity contribution in [2.75, 3.05) is 25.0 Å². The van der Waals surface area contributed by atoms with E-state index in [1.165, 1.54) is 24.4 Å². The molecule has 0 bridgehead atoms. The highest BCUT2D eigenvalue weighted by Crippen LogP contribution is 2.32. The summed E-state index contributed by atoms with van der Waals surface area (Å²) in [5.41, 5.74) is 1.09. The van der Waals surface area contributed by atoms with E-state index in [1.807, 2.05) is 0 Å². The van der Waals surface area contributed by atoms with Crippen molar-refractivity contribution in [3.05, 3.63) is 70.8 Å². The number of likely N-dealkylation sites (tertiary alicyclic amines) is 1. The summed E-state index contributed by atoms with van der Waals surface area (Å²) in [7, 11) is 0. The number of anilines is 1. The maximum Gasteiger partial charge on any atom is 0.573 e. The molecule has 41 heavy (non-hydrogen) atoms. The van der Waals surface area contributed by atoms with E-state index in [4.69, 9.17) is 0 Å². The molecule has 15 heteroatoms. The molecule has 2 aromatic carbocycles. The number of fused-ring (bicyclic) bond motifs is 1. The second-order valence-electron chi connectivity index (χ2n) is 9.47. The van der Waals surface area contributed by atoms with Crippen LogP contribution >= 0.6 is 0 Å². The van der Waals surface area contributed by atoms with E-state index >= 15 is 0 Å². The highest BCUT2D eigenvalue weighted by Gasteiger charge is 2.44. The van der Waals surface area contributed by atoms with Crippen LogP contribution in [0.25, 0.3) is 22.3 Å². The Morgan fingerprint density at radius 3 is 2.54 bits per heavy atom. The van der Waals surface area contributed by atoms with E-state index in [0.717, 1.165) is 15.0 Å². The summed E-state index contributed by atoms with van der Waals surface area (Å²) in [6, 6.07) is 13.1. The fourth-order valence-corrected chi connectivity index (χ4v) is 4.68. The van der Waals surface area contributed by atoms with Crippen LogP contribution in [0.4, 0.5) is 32.3 Å². The normalized spacial score (nSPS) is 15.9. The highest BCUT2D eigenvalue weighted by atomic mass is 19.4. The number of nitrogens with one attached hydrogen (secondary N) is 2. The molecule has 4 aromatic rings. The maximum absolute atomic E-state index is 13.1. The fourth-order valence-electron chi connectivity index (χ4n) is 4.68. The molecule has 1 amide bonds. The molecule has 0 saturated carbocycles. The first-order valence-corrected chi connectivity index (χ1v) is 12.4. The summed E-state index contributed by atoms with van der Waals surface area (Å²) in [5, 5.41) is 2.91. The summed E-state index contributed by atoms with van der Waals surface area (Å²) in [6.07, 6.45) is -8.26. The predicted octanol–water partition coefficient (Wildman–Crippen LogP) is 4.56. The van der Waals surface area contributed by atoms with Gasteiger partial charge in [0.25, 0.3) is 0 Å². The monoisotopic (exact) mass is 580 g/mol. The van der Waals surface area contributed by atoms with Gasteiger partial charge in [-0.3, -0.25) is 9.36 Å². The van der Waals surface area contributed by atoms with Gasteiger partial charge in [0, 0.05) is 25.2 Å². The number of H-pyrrole nitrogens is 1. The molecule has 2 aromatic heterocycles. The molecule has 0 radical (unpaired) electrons. The van der Waals surface area contributed by atoms with E-state index in [0.29, 0.717) is 12.0 Å². The Hall–Kier alpha value is -4.56. The molecular weight excluding hydrogens is 558 g/mol. The van der Waals surface area contributed by atoms with Crippen LogP contribution in [0.3, 0.4) is 0 Å². The molecule has 1 aliphatic rings. The lowest BCUT2D eigenvalue weighted by Crippen LogP contribution is -2.39. The van der Waals surface area contributed by atoms with Gasteiger partial charge in [0.2, 0.25) is 5.95 Å². The number of alkyl halides is 6. The van der Waals surface area contributed by atoms with Gasteiger partial charge in [-0.2, -0.15) is 18.2 Å². The molecule has 1 atom stereocenters. The minimum absolute atomic E-state index is 0.0354. The first-order chi connectivity index (χ1) is 19.4. The molecule has 3 heterocycles. The average molecular weight is 580 g/mol. The van der Waals surface area contributed by atoms with Crippen molar-refractivity contribution >= 4 is 23.0 Å². The second kappa shape index (κ2) is 10.8. The standard InChI is InChI=1S/C26H22F6N6O3/c27-25(28,29)22(39)37-9-8-15(13-37)11-33-23-34-12-19-21(36-23)38(24(40)35-19)14-18-10-17(16-4-2-1-3-5-16)6-7-20(18)41-26(30,31)32/h1-7,10,12,15H,8-9,11,13-14H2,(H,35,40)(H,33,34,36)/t15-/m0/s1. The third-order valence-electron chi connectivity index (χ3n) is 6.60. The number of aromatic amines is 1. The first kappa shape index (κ1) is 28.0. The minimum Gasteiger partial charge on any atom is -0.405 e. The Morgan fingerprint density at radius 2 is 1.83 bits per heavy atom. The number of amides is 1. The largest absolute Gasteiger partial charge is 0.573 e. The van der Waals surface area contributed by atoms with Crippen LogP contribution in [0.15, 0.2) is 59.5 Å². The van der Waals surface area contributed by atoms with Crippen LogP contribution in [0.5, 0.6) is 5.75 Å². The molecule has 9 nitrogen and oxygen atoms in total. The Bertz CT molecular complexity index is 1620. The molecule has 1 saturated heterocycles. The molecule has 0 unspecified atom stereocenters. The number of imidazole rings is 1. The third-order valence-corrected chi connectivity index (χ3v) is 6.60. The van der Waals surface area contributed by atoms with Crippen LogP contribution in [0.2, 0.25) is 0 Å². The zero-order chi connectivity index (χ0) is 29.4. The third kappa shape index (κ3) is 6.44. The van der Waals surface area contributed by atoms with Crippen molar-refractivity contribution < 1.29 is 35.9 Å². The number of carbonyl (C=O) groups excluding carboxylic acids is 1. The number of rotatable bonds is 7. The van der Waals surface area contributed by atoms with E-state index < -0.39 is 29.9 Å². The summed E-state index contributed by atoms with van der Waals surface area (Å²) < 4.78 is 82.9. The lowest BCUT2D eigenvalue weighted by atomic mass is 10.0. The predicted molar refractivity (Wildman–Crippen MR) is 135 cm³/mol. The molecule has 2 N–H and O–H groups in total. The number of hydrogen-bond acceptors (Lipinski definition) is 6. The van der Waals surface area contributed by atoms with E-state index in [2.05, 4.69) is 25.0 Å². The van der Waals surface area contributed by atoms with E-state index in [-0.39, 0.29) is 54.8 Å². The lowest BCUT2D eigenvalue weighted by Gasteiger charge is -2.18. The number of benzene rings is 2. The summed E-state index contributed by atoms with van der Waals surface area (Å²) in [5.74, 6) is -2.61. The van der Waals surface area contributed by atoms with Gasteiger partial charge < -0.3 is 19.9 Å². The molecule has 0 spiro atoms. The quantitative estimate of drug-likeness (QED) is 0.311. The van der Waals surface area contributed by atoms with Gasteiger partial charge in [-0.05, 0) is 35.6 Å². The fraction of sp³-hybridized carbons (Fsp3) is 0.308. The second-order valence-corrected chi connectivity index (χ2v) is 9.47. The molecule has 1 fully saturated rings. The molecule has 1 aliphatic heterocycles. The number of ether oxygens (including phenoxy) is 1. The van der Waals surface area contributed by atoms with Gasteiger partial charge in [-0.15, -0.1) is 13.2 Å². The smallest absolute Gasteiger partial charge is 0.405 e. The van der Waals surface area contributed by atoms with Crippen molar-refractivity contribution in [3.8, 4) is 16.9 Å². The van der Waals surface area contributed by atoms with Gasteiger partial charge in [0.15, 0.2) is 5.65 Å². The van der Waals surface area contributed by atoms with Gasteiger partial charge in [-0.25, -0.2) is 9.78 Å². The van der Waals surface area contributed by atoms with Gasteiger partial charge in [0.05, 0.1) is 12.7 Å². The Balaban J connectivity index is 1.39. The maximum atomic E-state index is 13.1. The SMILES string of the molecule is O=C(N1CC[C@@H](CNc2ncc3[nH]c(=O)n(Cc4cc(-c5ccccc5)ccc4OC(F)(F)F)c3n2)C1)C(F)(F)F. The topological polar surface area (TPSA) is 105 Å².